The van der Waals surface area contributed by atoms with Crippen LogP contribution in [0.4, 0.5) is 0 Å². The number of hydrogen-bond donors (Lipinski definition) is 0. The summed E-state index contributed by atoms with van der Waals surface area (Å²) < 4.78 is 18.1. The molecule has 27 heavy (non-hydrogen) atoms. The SMILES string of the molecule is c1ccc(Oc2cncc(Oc3ccccc3)c2Oc2ccccc2)cc1. The van der Waals surface area contributed by atoms with E-state index in [4.69, 9.17) is 14.2 Å². The van der Waals surface area contributed by atoms with Crippen LogP contribution in [0.3, 0.4) is 0 Å². The van der Waals surface area contributed by atoms with E-state index in [1.54, 1.807) is 12.4 Å². The Morgan fingerprint density at radius 2 is 0.815 bits per heavy atom. The summed E-state index contributed by atoms with van der Waals surface area (Å²) in [7, 11) is 0. The number of ether oxygens (including phenoxy) is 3. The molecule has 4 nitrogen and oxygen atoms in total. The highest BCUT2D eigenvalue weighted by Crippen LogP contribution is 2.42. The predicted octanol–water partition coefficient (Wildman–Crippen LogP) is 6.46. The first-order chi connectivity index (χ1) is 13.4. The normalized spacial score (nSPS) is 10.2. The Hall–Kier alpha value is -3.79. The van der Waals surface area contributed by atoms with Crippen molar-refractivity contribution in [3.8, 4) is 34.5 Å². The van der Waals surface area contributed by atoms with E-state index in [1.165, 1.54) is 0 Å². The molecule has 0 radical (unpaired) electrons. The van der Waals surface area contributed by atoms with Gasteiger partial charge < -0.3 is 14.2 Å². The minimum atomic E-state index is 0.462. The first-order valence-electron chi connectivity index (χ1n) is 8.55. The van der Waals surface area contributed by atoms with Crippen molar-refractivity contribution < 1.29 is 14.2 Å². The Kier molecular flexibility index (Phi) is 4.97. The zero-order chi connectivity index (χ0) is 18.3. The number of aromatic nitrogens is 1. The molecule has 0 spiro atoms. The summed E-state index contributed by atoms with van der Waals surface area (Å²) in [5.41, 5.74) is 0. The lowest BCUT2D eigenvalue weighted by Crippen LogP contribution is -1.95. The van der Waals surface area contributed by atoms with Crippen LogP contribution >= 0.6 is 0 Å². The Labute approximate surface area is 157 Å². The summed E-state index contributed by atoms with van der Waals surface area (Å²) in [6.45, 7) is 0. The fourth-order valence-electron chi connectivity index (χ4n) is 2.49. The van der Waals surface area contributed by atoms with E-state index in [9.17, 15) is 0 Å². The van der Waals surface area contributed by atoms with Crippen molar-refractivity contribution in [1.82, 2.24) is 4.98 Å². The van der Waals surface area contributed by atoms with Crippen LogP contribution in [0.25, 0.3) is 0 Å². The molecule has 4 rings (SSSR count). The van der Waals surface area contributed by atoms with E-state index in [2.05, 4.69) is 4.98 Å². The number of pyridine rings is 1. The van der Waals surface area contributed by atoms with Gasteiger partial charge in [0.15, 0.2) is 11.5 Å². The van der Waals surface area contributed by atoms with Gasteiger partial charge in [0, 0.05) is 0 Å². The summed E-state index contributed by atoms with van der Waals surface area (Å²) in [4.78, 5) is 4.25. The van der Waals surface area contributed by atoms with Gasteiger partial charge in [-0.3, -0.25) is 4.98 Å². The lowest BCUT2D eigenvalue weighted by atomic mass is 10.3. The Balaban J connectivity index is 1.72. The molecule has 132 valence electrons. The fourth-order valence-corrected chi connectivity index (χ4v) is 2.49. The topological polar surface area (TPSA) is 40.6 Å². The van der Waals surface area contributed by atoms with Gasteiger partial charge in [-0.1, -0.05) is 54.6 Å². The van der Waals surface area contributed by atoms with E-state index in [0.29, 0.717) is 34.5 Å². The number of para-hydroxylation sites is 3. The second-order valence-electron chi connectivity index (χ2n) is 5.71. The van der Waals surface area contributed by atoms with Gasteiger partial charge in [-0.2, -0.15) is 0 Å². The quantitative estimate of drug-likeness (QED) is 0.398. The molecule has 0 aliphatic heterocycles. The molecular formula is C23H17NO3. The van der Waals surface area contributed by atoms with Crippen LogP contribution in [0.15, 0.2) is 103 Å². The number of hydrogen-bond acceptors (Lipinski definition) is 4. The van der Waals surface area contributed by atoms with Crippen LogP contribution in [0, 0.1) is 0 Å². The Morgan fingerprint density at radius 1 is 0.444 bits per heavy atom. The van der Waals surface area contributed by atoms with Crippen molar-refractivity contribution in [2.24, 2.45) is 0 Å². The third-order valence-electron chi connectivity index (χ3n) is 3.74. The maximum atomic E-state index is 6.10. The van der Waals surface area contributed by atoms with Crippen LogP contribution in [0.2, 0.25) is 0 Å². The second kappa shape index (κ2) is 8.06. The summed E-state index contributed by atoms with van der Waals surface area (Å²) >= 11 is 0. The molecule has 0 atom stereocenters. The van der Waals surface area contributed by atoms with Crippen LogP contribution < -0.4 is 14.2 Å². The van der Waals surface area contributed by atoms with Gasteiger partial charge in [0.2, 0.25) is 5.75 Å². The third kappa shape index (κ3) is 4.25. The van der Waals surface area contributed by atoms with E-state index in [1.807, 2.05) is 91.0 Å². The van der Waals surface area contributed by atoms with E-state index < -0.39 is 0 Å². The summed E-state index contributed by atoms with van der Waals surface area (Å²) in [5, 5.41) is 0. The highest BCUT2D eigenvalue weighted by atomic mass is 16.5. The summed E-state index contributed by atoms with van der Waals surface area (Å²) in [5.74, 6) is 3.46. The third-order valence-corrected chi connectivity index (χ3v) is 3.74. The molecule has 4 aromatic rings. The molecule has 0 N–H and O–H groups in total. The minimum absolute atomic E-state index is 0.462. The molecule has 1 aromatic heterocycles. The van der Waals surface area contributed by atoms with Crippen molar-refractivity contribution >= 4 is 0 Å². The van der Waals surface area contributed by atoms with Crippen LogP contribution in [0.1, 0.15) is 0 Å². The van der Waals surface area contributed by atoms with Gasteiger partial charge in [-0.05, 0) is 36.4 Å². The first kappa shape index (κ1) is 16.7. The highest BCUT2D eigenvalue weighted by molar-refractivity contribution is 5.53. The standard InChI is InChI=1S/C23H17NO3/c1-4-10-18(11-5-1)25-21-16-24-17-22(26-19-12-6-2-7-13-19)23(21)27-20-14-8-3-9-15-20/h1-17H. The van der Waals surface area contributed by atoms with E-state index >= 15 is 0 Å². The molecule has 1 heterocycles. The van der Waals surface area contributed by atoms with Gasteiger partial charge in [-0.25, -0.2) is 0 Å². The van der Waals surface area contributed by atoms with Crippen molar-refractivity contribution in [1.29, 1.82) is 0 Å². The van der Waals surface area contributed by atoms with Gasteiger partial charge in [0.25, 0.3) is 0 Å². The van der Waals surface area contributed by atoms with Gasteiger partial charge in [0.1, 0.15) is 17.2 Å². The lowest BCUT2D eigenvalue weighted by Gasteiger charge is -2.16. The van der Waals surface area contributed by atoms with Crippen LogP contribution in [0.5, 0.6) is 34.5 Å². The Morgan fingerprint density at radius 3 is 1.22 bits per heavy atom. The summed E-state index contributed by atoms with van der Waals surface area (Å²) in [6.07, 6.45) is 3.23. The maximum absolute atomic E-state index is 6.10. The van der Waals surface area contributed by atoms with Gasteiger partial charge >= 0.3 is 0 Å². The largest absolute Gasteiger partial charge is 0.452 e. The molecule has 0 saturated carbocycles. The van der Waals surface area contributed by atoms with Gasteiger partial charge in [0.05, 0.1) is 12.4 Å². The Bertz CT molecular complexity index is 930. The number of benzene rings is 3. The predicted molar refractivity (Wildman–Crippen MR) is 104 cm³/mol. The molecular weight excluding hydrogens is 338 g/mol. The number of rotatable bonds is 6. The fraction of sp³-hybridized carbons (Fsp3) is 0. The molecule has 0 saturated heterocycles. The monoisotopic (exact) mass is 355 g/mol. The van der Waals surface area contributed by atoms with Crippen molar-refractivity contribution in [3.05, 3.63) is 103 Å². The highest BCUT2D eigenvalue weighted by Gasteiger charge is 2.16. The average molecular weight is 355 g/mol. The zero-order valence-corrected chi connectivity index (χ0v) is 14.5. The molecule has 0 bridgehead atoms. The summed E-state index contributed by atoms with van der Waals surface area (Å²) in [6, 6.07) is 28.5. The van der Waals surface area contributed by atoms with Crippen molar-refractivity contribution in [2.45, 2.75) is 0 Å². The second-order valence-corrected chi connectivity index (χ2v) is 5.71. The van der Waals surface area contributed by atoms with E-state index in [-0.39, 0.29) is 0 Å². The molecule has 4 heteroatoms. The molecule has 0 unspecified atom stereocenters. The van der Waals surface area contributed by atoms with Crippen molar-refractivity contribution in [2.75, 3.05) is 0 Å². The molecule has 0 aliphatic carbocycles. The van der Waals surface area contributed by atoms with E-state index in [0.717, 1.165) is 0 Å². The number of nitrogens with zero attached hydrogens (tertiary/aromatic N) is 1. The van der Waals surface area contributed by atoms with Gasteiger partial charge in [-0.15, -0.1) is 0 Å². The maximum Gasteiger partial charge on any atom is 0.215 e. The van der Waals surface area contributed by atoms with Crippen LogP contribution in [-0.4, -0.2) is 4.98 Å². The van der Waals surface area contributed by atoms with Crippen molar-refractivity contribution in [3.63, 3.8) is 0 Å². The first-order valence-corrected chi connectivity index (χ1v) is 8.55. The lowest BCUT2D eigenvalue weighted by molar-refractivity contribution is 0.383. The molecule has 0 aliphatic rings. The smallest absolute Gasteiger partial charge is 0.215 e. The molecule has 0 amide bonds. The average Bonchev–Trinajstić information content (AvgIpc) is 2.73. The van der Waals surface area contributed by atoms with Crippen LogP contribution in [-0.2, 0) is 0 Å². The molecule has 3 aromatic carbocycles. The zero-order valence-electron chi connectivity index (χ0n) is 14.5. The minimum Gasteiger partial charge on any atom is -0.452 e. The molecule has 0 fully saturated rings.